The summed E-state index contributed by atoms with van der Waals surface area (Å²) in [4.78, 5) is 19.0. The molecule has 1 atom stereocenters. The Morgan fingerprint density at radius 2 is 1.81 bits per heavy atom. The number of carbonyl (C=O) groups is 1. The minimum Gasteiger partial charge on any atom is -0.493 e. The Balaban J connectivity index is 1.38. The lowest BCUT2D eigenvalue weighted by molar-refractivity contribution is -0.113. The summed E-state index contributed by atoms with van der Waals surface area (Å²) in [7, 11) is 1.59. The van der Waals surface area contributed by atoms with Gasteiger partial charge in [0.05, 0.1) is 17.2 Å². The number of nitrogens with one attached hydrogen (secondary N) is 2. The van der Waals surface area contributed by atoms with E-state index in [0.717, 1.165) is 33.5 Å². The van der Waals surface area contributed by atoms with E-state index >= 15 is 0 Å². The number of fused-ring (bicyclic) bond motifs is 1. The van der Waals surface area contributed by atoms with Crippen molar-refractivity contribution in [1.82, 2.24) is 14.8 Å². The van der Waals surface area contributed by atoms with Crippen molar-refractivity contribution in [2.24, 2.45) is 0 Å². The smallest absolute Gasteiger partial charge is 0.255 e. The first-order valence-corrected chi connectivity index (χ1v) is 17.6. The third-order valence-electron chi connectivity index (χ3n) is 7.89. The summed E-state index contributed by atoms with van der Waals surface area (Å²) in [5.41, 5.74) is 6.63. The second-order valence-corrected chi connectivity index (χ2v) is 14.0. The fourth-order valence-corrected chi connectivity index (χ4v) is 7.28. The topological polar surface area (TPSA) is 90.3 Å². The van der Waals surface area contributed by atoms with E-state index in [1.54, 1.807) is 11.8 Å². The molecule has 246 valence electrons. The number of hydrogen-bond acceptors (Lipinski definition) is 7. The van der Waals surface area contributed by atoms with Crippen LogP contribution in [0, 0.1) is 13.8 Å². The van der Waals surface area contributed by atoms with Crippen molar-refractivity contribution in [3.05, 3.63) is 132 Å². The molecule has 1 aliphatic rings. The van der Waals surface area contributed by atoms with Gasteiger partial charge in [0.15, 0.2) is 11.5 Å². The maximum absolute atomic E-state index is 14.2. The molecular weight excluding hydrogens is 733 g/mol. The number of anilines is 2. The van der Waals surface area contributed by atoms with Crippen molar-refractivity contribution in [2.45, 2.75) is 44.3 Å². The van der Waals surface area contributed by atoms with Crippen molar-refractivity contribution >= 4 is 68.4 Å². The predicted octanol–water partition coefficient (Wildman–Crippen LogP) is 9.77. The van der Waals surface area contributed by atoms with Crippen LogP contribution in [0.15, 0.2) is 99.8 Å². The highest BCUT2D eigenvalue weighted by Gasteiger charge is 2.35. The molecule has 0 saturated carbocycles. The SMILES string of the molecule is COc1cc(C2C(C(=O)Nc3ccc(C)cc3C)=C(C)Nc3nc(SCc4ccccc4Cl)nn32)cc(Br)c1OCc1ccc(Cl)cc1. The maximum Gasteiger partial charge on any atom is 0.255 e. The molecule has 2 N–H and O–H groups in total. The Kier molecular flexibility index (Phi) is 10.4. The highest BCUT2D eigenvalue weighted by atomic mass is 79.9. The van der Waals surface area contributed by atoms with Crippen LogP contribution in [0.5, 0.6) is 11.5 Å². The zero-order valence-corrected chi connectivity index (χ0v) is 30.5. The standard InChI is InChI=1S/C36H32BrCl2N5O3S/c1-20-9-14-29(21(2)15-20)41-34(45)31-22(3)40-35-42-36(48-19-24-7-5-6-8-28(24)39)43-44(35)32(31)25-16-27(37)33(30(17-25)46-4)47-18-23-10-12-26(38)13-11-23/h5-17,32H,18-19H2,1-4H3,(H,41,45)(H,40,42,43). The van der Waals surface area contributed by atoms with Gasteiger partial charge in [0, 0.05) is 27.2 Å². The number of allylic oxidation sites excluding steroid dienone is 1. The number of benzene rings is 4. The fourth-order valence-electron chi connectivity index (χ4n) is 5.47. The molecule has 4 aromatic carbocycles. The number of amides is 1. The molecule has 1 unspecified atom stereocenters. The molecule has 0 bridgehead atoms. The molecule has 12 heteroatoms. The number of aryl methyl sites for hydroxylation is 2. The van der Waals surface area contributed by atoms with Crippen LogP contribution in [-0.4, -0.2) is 27.8 Å². The van der Waals surface area contributed by atoms with Crippen LogP contribution in [0.4, 0.5) is 11.6 Å². The van der Waals surface area contributed by atoms with Gasteiger partial charge in [-0.2, -0.15) is 4.98 Å². The normalized spacial score (nSPS) is 13.9. The van der Waals surface area contributed by atoms with Crippen LogP contribution in [0.1, 0.15) is 40.8 Å². The van der Waals surface area contributed by atoms with Gasteiger partial charge in [-0.15, -0.1) is 5.10 Å². The maximum atomic E-state index is 14.2. The van der Waals surface area contributed by atoms with E-state index in [2.05, 4.69) is 26.6 Å². The number of thioether (sulfide) groups is 1. The first kappa shape index (κ1) is 33.9. The number of nitrogens with zero attached hydrogens (tertiary/aromatic N) is 3. The van der Waals surface area contributed by atoms with E-state index < -0.39 is 6.04 Å². The fraction of sp³-hybridized carbons (Fsp3) is 0.194. The number of carbonyl (C=O) groups excluding carboxylic acids is 1. The van der Waals surface area contributed by atoms with Crippen LogP contribution in [0.25, 0.3) is 0 Å². The summed E-state index contributed by atoms with van der Waals surface area (Å²) in [6.45, 7) is 6.17. The van der Waals surface area contributed by atoms with E-state index in [4.69, 9.17) is 42.8 Å². The van der Waals surface area contributed by atoms with E-state index in [-0.39, 0.29) is 5.91 Å². The Morgan fingerprint density at radius 3 is 2.54 bits per heavy atom. The highest BCUT2D eigenvalue weighted by molar-refractivity contribution is 9.10. The average molecular weight is 766 g/mol. The molecule has 1 aliphatic heterocycles. The van der Waals surface area contributed by atoms with Gasteiger partial charge in [-0.3, -0.25) is 4.79 Å². The summed E-state index contributed by atoms with van der Waals surface area (Å²) in [5.74, 6) is 1.86. The lowest BCUT2D eigenvalue weighted by atomic mass is 9.94. The third kappa shape index (κ3) is 7.37. The minimum absolute atomic E-state index is 0.262. The summed E-state index contributed by atoms with van der Waals surface area (Å²) in [6.07, 6.45) is 0. The van der Waals surface area contributed by atoms with Crippen LogP contribution in [0.3, 0.4) is 0 Å². The number of ether oxygens (including phenoxy) is 2. The van der Waals surface area contributed by atoms with Crippen molar-refractivity contribution in [3.8, 4) is 11.5 Å². The second-order valence-electron chi connectivity index (χ2n) is 11.3. The Morgan fingerprint density at radius 1 is 1.04 bits per heavy atom. The molecule has 1 amide bonds. The van der Waals surface area contributed by atoms with Crippen molar-refractivity contribution in [1.29, 1.82) is 0 Å². The molecule has 1 aromatic heterocycles. The summed E-state index contributed by atoms with van der Waals surface area (Å²) in [6, 6.07) is 24.2. The molecule has 0 spiro atoms. The van der Waals surface area contributed by atoms with Gasteiger partial charge in [0.25, 0.3) is 5.91 Å². The molecule has 8 nitrogen and oxygen atoms in total. The second kappa shape index (κ2) is 14.7. The average Bonchev–Trinajstić information content (AvgIpc) is 3.47. The molecule has 48 heavy (non-hydrogen) atoms. The number of aromatic nitrogens is 3. The van der Waals surface area contributed by atoms with Gasteiger partial charge in [-0.1, -0.05) is 83.0 Å². The van der Waals surface area contributed by atoms with Crippen LogP contribution in [0.2, 0.25) is 10.0 Å². The van der Waals surface area contributed by atoms with Crippen molar-refractivity contribution in [2.75, 3.05) is 17.7 Å². The first-order chi connectivity index (χ1) is 23.1. The molecule has 0 aliphatic carbocycles. The minimum atomic E-state index is -0.648. The molecule has 0 radical (unpaired) electrons. The Hall–Kier alpha value is -3.96. The molecule has 2 heterocycles. The van der Waals surface area contributed by atoms with E-state index in [9.17, 15) is 4.79 Å². The summed E-state index contributed by atoms with van der Waals surface area (Å²) < 4.78 is 14.4. The Labute approximate surface area is 302 Å². The zero-order chi connectivity index (χ0) is 33.9. The predicted molar refractivity (Wildman–Crippen MR) is 197 cm³/mol. The van der Waals surface area contributed by atoms with Gasteiger partial charge in [0.1, 0.15) is 12.6 Å². The van der Waals surface area contributed by atoms with Crippen LogP contribution >= 0.6 is 50.9 Å². The first-order valence-electron chi connectivity index (χ1n) is 15.0. The summed E-state index contributed by atoms with van der Waals surface area (Å²) in [5, 5.41) is 13.2. The zero-order valence-electron chi connectivity index (χ0n) is 26.6. The number of methoxy groups -OCH3 is 1. The molecule has 6 rings (SSSR count). The highest BCUT2D eigenvalue weighted by Crippen LogP contribution is 2.44. The summed E-state index contributed by atoms with van der Waals surface area (Å²) >= 11 is 17.7. The van der Waals surface area contributed by atoms with Gasteiger partial charge < -0.3 is 20.1 Å². The number of rotatable bonds is 10. The quantitative estimate of drug-likeness (QED) is 0.137. The van der Waals surface area contributed by atoms with Gasteiger partial charge in [-0.05, 0) is 95.4 Å². The third-order valence-corrected chi connectivity index (χ3v) is 9.98. The van der Waals surface area contributed by atoms with Crippen LogP contribution < -0.4 is 20.1 Å². The van der Waals surface area contributed by atoms with E-state index in [0.29, 0.717) is 60.8 Å². The lowest BCUT2D eigenvalue weighted by Crippen LogP contribution is -2.31. The van der Waals surface area contributed by atoms with Crippen molar-refractivity contribution < 1.29 is 14.3 Å². The monoisotopic (exact) mass is 763 g/mol. The van der Waals surface area contributed by atoms with Gasteiger partial charge >= 0.3 is 0 Å². The Bertz CT molecular complexity index is 2030. The van der Waals surface area contributed by atoms with Gasteiger partial charge in [0.2, 0.25) is 11.1 Å². The molecular formula is C36H32BrCl2N5O3S. The lowest BCUT2D eigenvalue weighted by Gasteiger charge is -2.29. The van der Waals surface area contributed by atoms with Gasteiger partial charge in [-0.25, -0.2) is 4.68 Å². The van der Waals surface area contributed by atoms with E-state index in [1.807, 2.05) is 99.6 Å². The number of halogens is 3. The van der Waals surface area contributed by atoms with Crippen LogP contribution in [-0.2, 0) is 17.2 Å². The molecule has 5 aromatic rings. The molecule has 0 fully saturated rings. The molecule has 0 saturated heterocycles. The largest absolute Gasteiger partial charge is 0.493 e. The number of hydrogen-bond donors (Lipinski definition) is 2. The van der Waals surface area contributed by atoms with Crippen molar-refractivity contribution in [3.63, 3.8) is 0 Å². The van der Waals surface area contributed by atoms with E-state index in [1.165, 1.54) is 11.8 Å².